The zero-order valence-corrected chi connectivity index (χ0v) is 14.4. The van der Waals surface area contributed by atoms with Crippen molar-refractivity contribution in [3.05, 3.63) is 53.9 Å². The van der Waals surface area contributed by atoms with E-state index in [1.807, 2.05) is 25.1 Å². The summed E-state index contributed by atoms with van der Waals surface area (Å²) in [6.45, 7) is 1.86. The summed E-state index contributed by atoms with van der Waals surface area (Å²) < 4.78 is 1.58. The topological polar surface area (TPSA) is 105 Å². The summed E-state index contributed by atoms with van der Waals surface area (Å²) in [5.41, 5.74) is 1.72. The van der Waals surface area contributed by atoms with Gasteiger partial charge in [0.2, 0.25) is 5.82 Å². The Morgan fingerprint density at radius 1 is 1.35 bits per heavy atom. The monoisotopic (exact) mass is 352 g/mol. The average Bonchev–Trinajstić information content (AvgIpc) is 3.02. The Balaban J connectivity index is 1.55. The van der Waals surface area contributed by atoms with Crippen molar-refractivity contribution in [3.63, 3.8) is 0 Å². The lowest BCUT2D eigenvalue weighted by Gasteiger charge is -2.37. The van der Waals surface area contributed by atoms with Gasteiger partial charge in [0.05, 0.1) is 6.10 Å². The number of hydrogen-bond acceptors (Lipinski definition) is 6. The maximum atomic E-state index is 12.8. The van der Waals surface area contributed by atoms with Crippen LogP contribution in [0.5, 0.6) is 0 Å². The molecule has 0 radical (unpaired) electrons. The van der Waals surface area contributed by atoms with E-state index < -0.39 is 0 Å². The molecule has 1 amide bonds. The molecule has 0 bridgehead atoms. The van der Waals surface area contributed by atoms with Gasteiger partial charge in [-0.3, -0.25) is 14.2 Å². The normalized spacial score (nSPS) is 20.5. The number of aliphatic hydroxyl groups is 1. The van der Waals surface area contributed by atoms with E-state index in [1.54, 1.807) is 22.9 Å². The van der Waals surface area contributed by atoms with Crippen LogP contribution in [0.15, 0.2) is 36.7 Å². The highest BCUT2D eigenvalue weighted by Gasteiger charge is 2.35. The molecule has 8 heteroatoms. The van der Waals surface area contributed by atoms with Crippen molar-refractivity contribution < 1.29 is 9.90 Å². The number of nitrogens with zero attached hydrogens (tertiary/aromatic N) is 5. The maximum Gasteiger partial charge on any atom is 0.289 e. The van der Waals surface area contributed by atoms with Gasteiger partial charge in [-0.2, -0.15) is 0 Å². The van der Waals surface area contributed by atoms with Crippen molar-refractivity contribution in [3.8, 4) is 0 Å². The van der Waals surface area contributed by atoms with Gasteiger partial charge in [-0.25, -0.2) is 4.98 Å². The zero-order chi connectivity index (χ0) is 18.1. The van der Waals surface area contributed by atoms with E-state index in [1.165, 1.54) is 0 Å². The molecule has 1 aliphatic rings. The van der Waals surface area contributed by atoms with Gasteiger partial charge in [0.25, 0.3) is 11.7 Å². The van der Waals surface area contributed by atoms with Gasteiger partial charge in [0.1, 0.15) is 0 Å². The molecule has 1 aliphatic carbocycles. The van der Waals surface area contributed by atoms with E-state index in [0.29, 0.717) is 25.0 Å². The van der Waals surface area contributed by atoms with Crippen molar-refractivity contribution in [2.45, 2.75) is 38.3 Å². The molecule has 4 rings (SSSR count). The molecule has 0 aromatic carbocycles. The van der Waals surface area contributed by atoms with Gasteiger partial charge in [0.15, 0.2) is 0 Å². The summed E-state index contributed by atoms with van der Waals surface area (Å²) in [5.74, 6) is 0.523. The minimum Gasteiger partial charge on any atom is -0.393 e. The minimum absolute atomic E-state index is 0.119. The third kappa shape index (κ3) is 3.28. The number of rotatable bonds is 5. The predicted octanol–water partition coefficient (Wildman–Crippen LogP) is 0.940. The van der Waals surface area contributed by atoms with E-state index in [-0.39, 0.29) is 29.8 Å². The fourth-order valence-electron chi connectivity index (χ4n) is 3.30. The molecular formula is C18H20N6O2. The first-order chi connectivity index (χ1) is 12.6. The SMILES string of the molecule is Cc1ccn2c(C(=O)N[C@H](Cc3ccccn3)C3CC(O)C3)nnc2n1. The molecule has 0 unspecified atom stereocenters. The van der Waals surface area contributed by atoms with Crippen molar-refractivity contribution in [2.75, 3.05) is 0 Å². The number of amides is 1. The Labute approximate surface area is 150 Å². The number of fused-ring (bicyclic) bond motifs is 1. The Hall–Kier alpha value is -2.87. The van der Waals surface area contributed by atoms with Crippen LogP contribution in [0, 0.1) is 12.8 Å². The summed E-state index contributed by atoms with van der Waals surface area (Å²) in [5, 5.41) is 20.7. The summed E-state index contributed by atoms with van der Waals surface area (Å²) in [4.78, 5) is 21.4. The van der Waals surface area contributed by atoms with Crippen molar-refractivity contribution in [1.82, 2.24) is 29.9 Å². The first kappa shape index (κ1) is 16.6. The van der Waals surface area contributed by atoms with E-state index in [9.17, 15) is 9.90 Å². The van der Waals surface area contributed by atoms with Gasteiger partial charge >= 0.3 is 0 Å². The molecule has 134 valence electrons. The second-order valence-electron chi connectivity index (χ2n) is 6.75. The van der Waals surface area contributed by atoms with Crippen LogP contribution in [0.25, 0.3) is 5.78 Å². The van der Waals surface area contributed by atoms with Gasteiger partial charge in [0, 0.05) is 36.2 Å². The fraction of sp³-hybridized carbons (Fsp3) is 0.389. The van der Waals surface area contributed by atoms with E-state index in [4.69, 9.17) is 0 Å². The number of aryl methyl sites for hydroxylation is 1. The quantitative estimate of drug-likeness (QED) is 0.708. The molecule has 0 saturated heterocycles. The molecule has 3 aromatic heterocycles. The average molecular weight is 352 g/mol. The number of aromatic nitrogens is 5. The summed E-state index contributed by atoms with van der Waals surface area (Å²) in [6, 6.07) is 7.42. The highest BCUT2D eigenvalue weighted by atomic mass is 16.3. The first-order valence-corrected chi connectivity index (χ1v) is 8.67. The van der Waals surface area contributed by atoms with Crippen molar-refractivity contribution in [2.24, 2.45) is 5.92 Å². The Morgan fingerprint density at radius 3 is 2.92 bits per heavy atom. The number of hydrogen-bond donors (Lipinski definition) is 2. The molecule has 26 heavy (non-hydrogen) atoms. The largest absolute Gasteiger partial charge is 0.393 e. The lowest BCUT2D eigenvalue weighted by atomic mass is 9.76. The molecular weight excluding hydrogens is 332 g/mol. The number of carbonyl (C=O) groups excluding carboxylic acids is 1. The van der Waals surface area contributed by atoms with Gasteiger partial charge in [-0.15, -0.1) is 10.2 Å². The molecule has 3 aromatic rings. The van der Waals surface area contributed by atoms with Crippen LogP contribution >= 0.6 is 0 Å². The van der Waals surface area contributed by atoms with Gasteiger partial charge in [-0.05, 0) is 43.9 Å². The highest BCUT2D eigenvalue weighted by Crippen LogP contribution is 2.31. The van der Waals surface area contributed by atoms with E-state index >= 15 is 0 Å². The number of carbonyl (C=O) groups is 1. The second-order valence-corrected chi connectivity index (χ2v) is 6.75. The Bertz CT molecular complexity index is 920. The van der Waals surface area contributed by atoms with Crippen LogP contribution < -0.4 is 5.32 Å². The molecule has 1 fully saturated rings. The molecule has 1 saturated carbocycles. The number of aliphatic hydroxyl groups excluding tert-OH is 1. The maximum absolute atomic E-state index is 12.8. The first-order valence-electron chi connectivity index (χ1n) is 8.67. The standard InChI is InChI=1S/C18H20N6O2/c1-11-5-7-24-16(22-23-18(24)20-11)17(26)21-15(12-8-14(25)9-12)10-13-4-2-3-6-19-13/h2-7,12,14-15,25H,8-10H2,1H3,(H,21,26)/t12?,14?,15-/m1/s1. The van der Waals surface area contributed by atoms with Crippen molar-refractivity contribution >= 4 is 11.7 Å². The Kier molecular flexibility index (Phi) is 4.34. The van der Waals surface area contributed by atoms with E-state index in [2.05, 4.69) is 25.5 Å². The van der Waals surface area contributed by atoms with Crippen LogP contribution in [-0.4, -0.2) is 47.7 Å². The highest BCUT2D eigenvalue weighted by molar-refractivity contribution is 5.91. The molecule has 2 N–H and O–H groups in total. The van der Waals surface area contributed by atoms with Crippen LogP contribution in [-0.2, 0) is 6.42 Å². The summed E-state index contributed by atoms with van der Waals surface area (Å²) in [6.07, 6.45) is 5.16. The van der Waals surface area contributed by atoms with Crippen LogP contribution in [0.2, 0.25) is 0 Å². The zero-order valence-electron chi connectivity index (χ0n) is 14.4. The van der Waals surface area contributed by atoms with Gasteiger partial charge in [-0.1, -0.05) is 6.07 Å². The summed E-state index contributed by atoms with van der Waals surface area (Å²) in [7, 11) is 0. The van der Waals surface area contributed by atoms with Crippen molar-refractivity contribution in [1.29, 1.82) is 0 Å². The molecule has 0 aliphatic heterocycles. The lowest BCUT2D eigenvalue weighted by Crippen LogP contribution is -2.48. The van der Waals surface area contributed by atoms with Gasteiger partial charge < -0.3 is 10.4 Å². The third-order valence-corrected chi connectivity index (χ3v) is 4.81. The fourth-order valence-corrected chi connectivity index (χ4v) is 3.30. The molecule has 3 heterocycles. The Morgan fingerprint density at radius 2 is 2.19 bits per heavy atom. The lowest BCUT2D eigenvalue weighted by molar-refractivity contribution is 0.0236. The summed E-state index contributed by atoms with van der Waals surface area (Å²) >= 11 is 0. The number of pyridine rings is 1. The van der Waals surface area contributed by atoms with E-state index in [0.717, 1.165) is 11.4 Å². The van der Waals surface area contributed by atoms with Crippen LogP contribution in [0.3, 0.4) is 0 Å². The predicted molar refractivity (Wildman–Crippen MR) is 93.4 cm³/mol. The third-order valence-electron chi connectivity index (χ3n) is 4.81. The molecule has 0 spiro atoms. The number of nitrogens with one attached hydrogen (secondary N) is 1. The smallest absolute Gasteiger partial charge is 0.289 e. The minimum atomic E-state index is -0.300. The molecule has 8 nitrogen and oxygen atoms in total. The second kappa shape index (κ2) is 6.80. The molecule has 1 atom stereocenters. The van der Waals surface area contributed by atoms with Crippen LogP contribution in [0.4, 0.5) is 0 Å². The van der Waals surface area contributed by atoms with Crippen LogP contribution in [0.1, 0.15) is 34.8 Å².